The molecule has 1 amide bonds. The van der Waals surface area contributed by atoms with Crippen molar-refractivity contribution in [2.24, 2.45) is 0 Å². The normalized spacial score (nSPS) is 12.1. The number of fused-ring (bicyclic) bond motifs is 1. The van der Waals surface area contributed by atoms with Crippen molar-refractivity contribution in [2.45, 2.75) is 39.5 Å². The largest absolute Gasteiger partial charge is 0.490 e. The van der Waals surface area contributed by atoms with Crippen LogP contribution in [0, 0.1) is 0 Å². The van der Waals surface area contributed by atoms with Crippen molar-refractivity contribution < 1.29 is 13.9 Å². The number of nitrogens with one attached hydrogen (secondary N) is 1. The van der Waals surface area contributed by atoms with Crippen molar-refractivity contribution in [3.8, 4) is 5.75 Å². The third-order valence-electron chi connectivity index (χ3n) is 5.23. The zero-order valence-electron chi connectivity index (χ0n) is 17.3. The van der Waals surface area contributed by atoms with E-state index >= 15 is 0 Å². The summed E-state index contributed by atoms with van der Waals surface area (Å²) in [6.07, 6.45) is 2.62. The van der Waals surface area contributed by atoms with Crippen LogP contribution in [0.4, 0.5) is 0 Å². The van der Waals surface area contributed by atoms with Gasteiger partial charge in [-0.25, -0.2) is 0 Å². The van der Waals surface area contributed by atoms with E-state index in [1.54, 1.807) is 6.26 Å². The average molecular weight is 402 g/mol. The van der Waals surface area contributed by atoms with Crippen LogP contribution in [-0.4, -0.2) is 16.6 Å². The first-order valence-corrected chi connectivity index (χ1v) is 10.3. The minimum absolute atomic E-state index is 0.101. The van der Waals surface area contributed by atoms with E-state index in [4.69, 9.17) is 9.15 Å². The van der Waals surface area contributed by atoms with Crippen LogP contribution in [0.25, 0.3) is 10.9 Å². The van der Waals surface area contributed by atoms with E-state index in [2.05, 4.69) is 31.3 Å². The number of ether oxygens (including phenoxy) is 1. The van der Waals surface area contributed by atoms with Gasteiger partial charge < -0.3 is 19.0 Å². The lowest BCUT2D eigenvalue weighted by Gasteiger charge is -2.14. The minimum atomic E-state index is -0.145. The Morgan fingerprint density at radius 2 is 1.93 bits per heavy atom. The van der Waals surface area contributed by atoms with Crippen molar-refractivity contribution in [2.75, 3.05) is 0 Å². The summed E-state index contributed by atoms with van der Waals surface area (Å²) < 4.78 is 13.5. The molecule has 154 valence electrons. The molecule has 2 aromatic heterocycles. The van der Waals surface area contributed by atoms with Crippen LogP contribution in [0.3, 0.4) is 0 Å². The maximum Gasteiger partial charge on any atom is 0.268 e. The highest BCUT2D eigenvalue weighted by molar-refractivity contribution is 6.00. The van der Waals surface area contributed by atoms with Gasteiger partial charge in [-0.2, -0.15) is 0 Å². The van der Waals surface area contributed by atoms with Crippen LogP contribution < -0.4 is 10.1 Å². The fourth-order valence-corrected chi connectivity index (χ4v) is 3.46. The zero-order valence-corrected chi connectivity index (χ0v) is 17.3. The average Bonchev–Trinajstić information content (AvgIpc) is 3.42. The first-order chi connectivity index (χ1) is 14.7. The molecular weight excluding hydrogens is 376 g/mol. The quantitative estimate of drug-likeness (QED) is 0.430. The smallest absolute Gasteiger partial charge is 0.268 e. The molecule has 0 unspecified atom stereocenters. The second kappa shape index (κ2) is 8.91. The number of amides is 1. The van der Waals surface area contributed by atoms with E-state index in [-0.39, 0.29) is 12.0 Å². The summed E-state index contributed by atoms with van der Waals surface area (Å²) in [7, 11) is 0. The molecule has 4 aromatic rings. The first kappa shape index (κ1) is 19.8. The van der Waals surface area contributed by atoms with Gasteiger partial charge in [-0.05, 0) is 49.2 Å². The number of furan rings is 1. The van der Waals surface area contributed by atoms with Crippen molar-refractivity contribution in [1.82, 2.24) is 9.88 Å². The van der Waals surface area contributed by atoms with Gasteiger partial charge in [0, 0.05) is 11.9 Å². The zero-order chi connectivity index (χ0) is 20.9. The molecule has 0 radical (unpaired) electrons. The number of benzene rings is 2. The molecule has 0 bridgehead atoms. The van der Waals surface area contributed by atoms with Crippen LogP contribution in [0.15, 0.2) is 77.4 Å². The molecule has 5 nitrogen and oxygen atoms in total. The highest BCUT2D eigenvalue weighted by atomic mass is 16.5. The Bertz CT molecular complexity index is 1110. The summed E-state index contributed by atoms with van der Waals surface area (Å²) in [6.45, 7) is 5.09. The van der Waals surface area contributed by atoms with Gasteiger partial charge in [0.05, 0.1) is 24.4 Å². The number of aromatic nitrogens is 1. The van der Waals surface area contributed by atoms with Crippen LogP contribution in [0.1, 0.15) is 42.1 Å². The Morgan fingerprint density at radius 3 is 2.67 bits per heavy atom. The van der Waals surface area contributed by atoms with Gasteiger partial charge >= 0.3 is 0 Å². The monoisotopic (exact) mass is 402 g/mol. The van der Waals surface area contributed by atoms with Crippen LogP contribution in [0.5, 0.6) is 5.75 Å². The molecule has 0 saturated carbocycles. The lowest BCUT2D eigenvalue weighted by molar-refractivity contribution is 0.0939. The molecule has 5 heteroatoms. The Hall–Kier alpha value is -3.47. The Labute approximate surface area is 176 Å². The predicted molar refractivity (Wildman–Crippen MR) is 118 cm³/mol. The number of carbonyl (C=O) groups excluding carboxylic acids is 1. The Balaban J connectivity index is 1.73. The molecule has 0 fully saturated rings. The fraction of sp³-hybridized carbons (Fsp3) is 0.240. The molecule has 0 aliphatic heterocycles. The second-order valence-electron chi connectivity index (χ2n) is 7.39. The summed E-state index contributed by atoms with van der Waals surface area (Å²) in [5.74, 6) is 1.37. The lowest BCUT2D eigenvalue weighted by Crippen LogP contribution is -2.25. The van der Waals surface area contributed by atoms with Crippen LogP contribution in [0.2, 0.25) is 0 Å². The molecule has 0 spiro atoms. The van der Waals surface area contributed by atoms with Crippen molar-refractivity contribution >= 4 is 16.8 Å². The molecule has 0 aliphatic rings. The molecule has 1 atom stereocenters. The van der Waals surface area contributed by atoms with Crippen molar-refractivity contribution in [3.05, 3.63) is 90.0 Å². The molecular formula is C25H26N2O3. The second-order valence-corrected chi connectivity index (χ2v) is 7.39. The Morgan fingerprint density at radius 1 is 1.10 bits per heavy atom. The van der Waals surface area contributed by atoms with Gasteiger partial charge in [-0.15, -0.1) is 0 Å². The van der Waals surface area contributed by atoms with E-state index in [0.29, 0.717) is 18.8 Å². The summed E-state index contributed by atoms with van der Waals surface area (Å²) in [4.78, 5) is 13.1. The number of nitrogens with zero attached hydrogens (tertiary/aromatic N) is 1. The molecule has 0 aliphatic carbocycles. The van der Waals surface area contributed by atoms with Crippen LogP contribution >= 0.6 is 0 Å². The highest BCUT2D eigenvalue weighted by Crippen LogP contribution is 2.31. The topological polar surface area (TPSA) is 56.4 Å². The van der Waals surface area contributed by atoms with E-state index in [1.807, 2.05) is 59.2 Å². The number of hydrogen-bond donors (Lipinski definition) is 1. The van der Waals surface area contributed by atoms with Crippen LogP contribution in [-0.2, 0) is 13.1 Å². The highest BCUT2D eigenvalue weighted by Gasteiger charge is 2.19. The van der Waals surface area contributed by atoms with Gasteiger partial charge in [0.25, 0.3) is 5.91 Å². The summed E-state index contributed by atoms with van der Waals surface area (Å²) in [5.41, 5.74) is 2.70. The standard InChI is InChI=1S/C25H26N2O3/c1-3-18(2)30-24-13-7-12-22-21(24)15-23(25(28)26-16-20-11-8-14-29-20)27(22)17-19-9-5-4-6-10-19/h4-15,18H,3,16-17H2,1-2H3,(H,26,28)/t18-/m1/s1. The minimum Gasteiger partial charge on any atom is -0.490 e. The maximum atomic E-state index is 13.1. The SMILES string of the molecule is CC[C@@H](C)Oc1cccc2c1cc(C(=O)NCc1ccco1)n2Cc1ccccc1. The van der Waals surface area contributed by atoms with E-state index < -0.39 is 0 Å². The van der Waals surface area contributed by atoms with E-state index in [0.717, 1.165) is 34.4 Å². The summed E-state index contributed by atoms with van der Waals surface area (Å²) in [5, 5.41) is 3.91. The summed E-state index contributed by atoms with van der Waals surface area (Å²) >= 11 is 0. The molecule has 1 N–H and O–H groups in total. The van der Waals surface area contributed by atoms with Gasteiger partial charge in [-0.1, -0.05) is 43.3 Å². The predicted octanol–water partition coefficient (Wildman–Crippen LogP) is 5.39. The maximum absolute atomic E-state index is 13.1. The van der Waals surface area contributed by atoms with Crippen molar-refractivity contribution in [3.63, 3.8) is 0 Å². The molecule has 4 rings (SSSR count). The fourth-order valence-electron chi connectivity index (χ4n) is 3.46. The van der Waals surface area contributed by atoms with E-state index in [1.165, 1.54) is 0 Å². The van der Waals surface area contributed by atoms with Gasteiger partial charge in [0.15, 0.2) is 0 Å². The molecule has 2 aromatic carbocycles. The van der Waals surface area contributed by atoms with Gasteiger partial charge in [0.2, 0.25) is 0 Å². The molecule has 0 saturated heterocycles. The number of hydrogen-bond acceptors (Lipinski definition) is 3. The Kier molecular flexibility index (Phi) is 5.89. The third kappa shape index (κ3) is 4.25. The van der Waals surface area contributed by atoms with E-state index in [9.17, 15) is 4.79 Å². The number of rotatable bonds is 8. The lowest BCUT2D eigenvalue weighted by atomic mass is 10.2. The third-order valence-corrected chi connectivity index (χ3v) is 5.23. The van der Waals surface area contributed by atoms with Crippen molar-refractivity contribution in [1.29, 1.82) is 0 Å². The number of carbonyl (C=O) groups is 1. The first-order valence-electron chi connectivity index (χ1n) is 10.3. The summed E-state index contributed by atoms with van der Waals surface area (Å²) in [6, 6.07) is 21.7. The molecule has 30 heavy (non-hydrogen) atoms. The van der Waals surface area contributed by atoms with Gasteiger partial charge in [-0.3, -0.25) is 4.79 Å². The van der Waals surface area contributed by atoms with Gasteiger partial charge in [0.1, 0.15) is 17.2 Å². The molecule has 2 heterocycles.